The van der Waals surface area contributed by atoms with E-state index in [-0.39, 0.29) is 0 Å². The molecule has 2 heterocycles. The molecule has 0 fully saturated rings. The minimum absolute atomic E-state index is 0.627. The van der Waals surface area contributed by atoms with Gasteiger partial charge in [0.05, 0.1) is 27.8 Å². The zero-order valence-corrected chi connectivity index (χ0v) is 20.8. The van der Waals surface area contributed by atoms with Gasteiger partial charge in [0.2, 0.25) is 5.13 Å². The lowest BCUT2D eigenvalue weighted by Gasteiger charge is -2.17. The van der Waals surface area contributed by atoms with Gasteiger partial charge >= 0.3 is 0 Å². The molecule has 4 rings (SSSR count). The van der Waals surface area contributed by atoms with Crippen LogP contribution in [-0.4, -0.2) is 18.1 Å². The van der Waals surface area contributed by atoms with Crippen LogP contribution in [-0.2, 0) is 0 Å². The minimum Gasteiger partial charge on any atom is -0.364 e. The van der Waals surface area contributed by atoms with Crippen molar-refractivity contribution in [1.82, 2.24) is 4.98 Å². The summed E-state index contributed by atoms with van der Waals surface area (Å²) in [7, 11) is 0. The SMILES string of the molecule is CCN(CC)c1ccc(/N=N/c2ccc(/N=N/c3ccc(/N=N/c4nccs4)cc3)c(C)c2)s1. The van der Waals surface area contributed by atoms with Crippen molar-refractivity contribution in [2.45, 2.75) is 20.8 Å². The summed E-state index contributed by atoms with van der Waals surface area (Å²) in [6, 6.07) is 17.2. The maximum atomic E-state index is 4.40. The van der Waals surface area contributed by atoms with Crippen LogP contribution in [0.3, 0.4) is 0 Å². The van der Waals surface area contributed by atoms with Gasteiger partial charge < -0.3 is 4.90 Å². The minimum atomic E-state index is 0.627. The Bertz CT molecular complexity index is 1290. The van der Waals surface area contributed by atoms with Crippen molar-refractivity contribution in [1.29, 1.82) is 0 Å². The molecule has 0 saturated heterocycles. The summed E-state index contributed by atoms with van der Waals surface area (Å²) in [4.78, 5) is 6.38. The zero-order valence-electron chi connectivity index (χ0n) is 19.2. The molecule has 0 radical (unpaired) electrons. The lowest BCUT2D eigenvalue weighted by Crippen LogP contribution is -2.20. The van der Waals surface area contributed by atoms with Crippen molar-refractivity contribution in [2.24, 2.45) is 30.7 Å². The molecule has 0 unspecified atom stereocenters. The number of hydrogen-bond donors (Lipinski definition) is 0. The van der Waals surface area contributed by atoms with Gasteiger partial charge in [0.1, 0.15) is 5.00 Å². The number of azo groups is 3. The molecule has 0 saturated carbocycles. The van der Waals surface area contributed by atoms with Gasteiger partial charge in [-0.3, -0.25) is 0 Å². The van der Waals surface area contributed by atoms with Crippen LogP contribution in [0.5, 0.6) is 0 Å². The molecule has 0 aliphatic heterocycles. The summed E-state index contributed by atoms with van der Waals surface area (Å²) in [6.07, 6.45) is 1.70. The highest BCUT2D eigenvalue weighted by atomic mass is 32.1. The topological polar surface area (TPSA) is 90.3 Å². The highest BCUT2D eigenvalue weighted by Crippen LogP contribution is 2.34. The Morgan fingerprint density at radius 3 is 2.09 bits per heavy atom. The van der Waals surface area contributed by atoms with Gasteiger partial charge in [0.15, 0.2) is 0 Å². The van der Waals surface area contributed by atoms with Crippen LogP contribution in [0.15, 0.2) is 96.9 Å². The average Bonchev–Trinajstić information content (AvgIpc) is 3.55. The standard InChI is InChI=1S/C24H24N8S2/c1-4-32(5-2)23-13-12-22(34-23)30-28-20-10-11-21(17(3)16-20)29-26-18-6-8-19(9-7-18)27-31-24-25-14-15-33-24/h6-16H,4-5H2,1-3H3/b29-26+,30-28+,31-27+. The predicted octanol–water partition coefficient (Wildman–Crippen LogP) is 9.61. The van der Waals surface area contributed by atoms with E-state index in [4.69, 9.17) is 0 Å². The van der Waals surface area contributed by atoms with Gasteiger partial charge in [0.25, 0.3) is 0 Å². The predicted molar refractivity (Wildman–Crippen MR) is 140 cm³/mol. The number of nitrogens with zero attached hydrogens (tertiary/aromatic N) is 8. The summed E-state index contributed by atoms with van der Waals surface area (Å²) in [5, 5.41) is 30.3. The van der Waals surface area contributed by atoms with Crippen LogP contribution in [0.25, 0.3) is 0 Å². The second-order valence-electron chi connectivity index (χ2n) is 7.19. The van der Waals surface area contributed by atoms with Crippen LogP contribution in [0, 0.1) is 6.92 Å². The van der Waals surface area contributed by atoms with Gasteiger partial charge in [-0.05, 0) is 80.9 Å². The van der Waals surface area contributed by atoms with E-state index in [1.165, 1.54) is 16.3 Å². The maximum Gasteiger partial charge on any atom is 0.229 e. The van der Waals surface area contributed by atoms with Crippen molar-refractivity contribution < 1.29 is 0 Å². The number of thiophene rings is 1. The summed E-state index contributed by atoms with van der Waals surface area (Å²) < 4.78 is 0. The lowest BCUT2D eigenvalue weighted by molar-refractivity contribution is 0.876. The van der Waals surface area contributed by atoms with Crippen LogP contribution < -0.4 is 4.90 Å². The molecule has 0 bridgehead atoms. The molecule has 0 N–H and O–H groups in total. The Kier molecular flexibility index (Phi) is 7.95. The third-order valence-corrected chi connectivity index (χ3v) is 6.58. The van der Waals surface area contributed by atoms with Gasteiger partial charge in [0, 0.05) is 24.7 Å². The number of thiazole rings is 1. The van der Waals surface area contributed by atoms with E-state index in [1.807, 2.05) is 60.8 Å². The molecule has 2 aromatic heterocycles. The highest BCUT2D eigenvalue weighted by molar-refractivity contribution is 7.19. The van der Waals surface area contributed by atoms with E-state index in [2.05, 4.69) is 60.5 Å². The van der Waals surface area contributed by atoms with Crippen molar-refractivity contribution in [3.63, 3.8) is 0 Å². The molecule has 0 aliphatic rings. The first-order valence-corrected chi connectivity index (χ1v) is 12.5. The molecule has 0 atom stereocenters. The third kappa shape index (κ3) is 6.24. The molecule has 4 aromatic rings. The fourth-order valence-corrected chi connectivity index (χ4v) is 4.47. The van der Waals surface area contributed by atoms with Crippen LogP contribution >= 0.6 is 22.7 Å². The van der Waals surface area contributed by atoms with E-state index < -0.39 is 0 Å². The van der Waals surface area contributed by atoms with Gasteiger partial charge in [-0.2, -0.15) is 10.2 Å². The molecule has 2 aromatic carbocycles. The third-order valence-electron chi connectivity index (χ3n) is 4.89. The fourth-order valence-electron chi connectivity index (χ4n) is 3.06. The summed E-state index contributed by atoms with van der Waals surface area (Å²) in [6.45, 7) is 8.24. The highest BCUT2D eigenvalue weighted by Gasteiger charge is 2.05. The van der Waals surface area contributed by atoms with Crippen LogP contribution in [0.4, 0.5) is 37.9 Å². The van der Waals surface area contributed by atoms with E-state index in [9.17, 15) is 0 Å². The van der Waals surface area contributed by atoms with Gasteiger partial charge in [-0.15, -0.1) is 31.8 Å². The first-order chi connectivity index (χ1) is 16.6. The second-order valence-corrected chi connectivity index (χ2v) is 9.10. The second kappa shape index (κ2) is 11.5. The summed E-state index contributed by atoms with van der Waals surface area (Å²) in [5.74, 6) is 0. The van der Waals surface area contributed by atoms with E-state index >= 15 is 0 Å². The van der Waals surface area contributed by atoms with Crippen molar-refractivity contribution >= 4 is 60.6 Å². The van der Waals surface area contributed by atoms with E-state index in [0.29, 0.717) is 5.13 Å². The number of rotatable bonds is 9. The van der Waals surface area contributed by atoms with Crippen LogP contribution in [0.1, 0.15) is 19.4 Å². The Morgan fingerprint density at radius 2 is 1.44 bits per heavy atom. The van der Waals surface area contributed by atoms with Gasteiger partial charge in [-0.1, -0.05) is 11.3 Å². The molecule has 34 heavy (non-hydrogen) atoms. The molecule has 0 aliphatic carbocycles. The molecule has 0 amide bonds. The molecule has 0 spiro atoms. The molecular weight excluding hydrogens is 464 g/mol. The maximum absolute atomic E-state index is 4.40. The average molecular weight is 489 g/mol. The molecular formula is C24H24N8S2. The molecule has 8 nitrogen and oxygen atoms in total. The number of anilines is 1. The van der Waals surface area contributed by atoms with E-state index in [1.54, 1.807) is 17.5 Å². The molecule has 10 heteroatoms. The van der Waals surface area contributed by atoms with Crippen molar-refractivity contribution in [3.8, 4) is 0 Å². The zero-order chi connectivity index (χ0) is 23.8. The van der Waals surface area contributed by atoms with Crippen molar-refractivity contribution in [3.05, 3.63) is 71.7 Å². The summed E-state index contributed by atoms with van der Waals surface area (Å²) in [5.41, 5.74) is 4.01. The first kappa shape index (κ1) is 23.5. The van der Waals surface area contributed by atoms with Crippen LogP contribution in [0.2, 0.25) is 0 Å². The smallest absolute Gasteiger partial charge is 0.229 e. The molecule has 172 valence electrons. The van der Waals surface area contributed by atoms with Crippen molar-refractivity contribution in [2.75, 3.05) is 18.0 Å². The lowest BCUT2D eigenvalue weighted by atomic mass is 10.2. The number of aromatic nitrogens is 1. The summed E-state index contributed by atoms with van der Waals surface area (Å²) >= 11 is 3.08. The number of benzene rings is 2. The Hall–Kier alpha value is -3.63. The quantitative estimate of drug-likeness (QED) is 0.219. The largest absolute Gasteiger partial charge is 0.364 e. The Morgan fingerprint density at radius 1 is 0.765 bits per heavy atom. The Balaban J connectivity index is 1.39. The normalized spacial score (nSPS) is 11.9. The number of aryl methyl sites for hydroxylation is 1. The number of hydrogen-bond acceptors (Lipinski definition) is 10. The fraction of sp³-hybridized carbons (Fsp3) is 0.208. The first-order valence-electron chi connectivity index (χ1n) is 10.8. The Labute approximate surface area is 206 Å². The van der Waals surface area contributed by atoms with E-state index in [0.717, 1.165) is 46.4 Å². The monoisotopic (exact) mass is 488 g/mol. The van der Waals surface area contributed by atoms with Gasteiger partial charge in [-0.25, -0.2) is 4.98 Å².